The lowest BCUT2D eigenvalue weighted by atomic mass is 10.3. The Balaban J connectivity index is 1.81. The normalized spacial score (nSPS) is 10.8. The number of halogens is 1. The maximum absolute atomic E-state index is 13.4. The minimum atomic E-state index is -0.317. The second-order valence-corrected chi connectivity index (χ2v) is 4.99. The first-order chi connectivity index (χ1) is 11.3. The standard InChI is InChI=1S/C17H12FN5/c18-12-5-4-8-14(9-12)23-17-15(10-21-23)16(19-11-20-17)22-13-6-2-1-3-7-13/h1-11H,(H,19,20,22). The van der Waals surface area contributed by atoms with Crippen LogP contribution in [0.15, 0.2) is 67.1 Å². The van der Waals surface area contributed by atoms with Crippen LogP contribution >= 0.6 is 0 Å². The van der Waals surface area contributed by atoms with Crippen molar-refractivity contribution in [2.24, 2.45) is 0 Å². The fraction of sp³-hybridized carbons (Fsp3) is 0. The highest BCUT2D eigenvalue weighted by Gasteiger charge is 2.11. The van der Waals surface area contributed by atoms with E-state index in [1.54, 1.807) is 23.0 Å². The molecule has 0 aliphatic rings. The van der Waals surface area contributed by atoms with Gasteiger partial charge in [0, 0.05) is 5.69 Å². The third-order valence-corrected chi connectivity index (χ3v) is 3.46. The summed E-state index contributed by atoms with van der Waals surface area (Å²) in [5, 5.41) is 8.33. The van der Waals surface area contributed by atoms with Gasteiger partial charge in [0.25, 0.3) is 0 Å². The van der Waals surface area contributed by atoms with Gasteiger partial charge >= 0.3 is 0 Å². The monoisotopic (exact) mass is 305 g/mol. The van der Waals surface area contributed by atoms with Gasteiger partial charge < -0.3 is 5.32 Å². The van der Waals surface area contributed by atoms with E-state index in [4.69, 9.17) is 0 Å². The second kappa shape index (κ2) is 5.49. The Hall–Kier alpha value is -3.28. The van der Waals surface area contributed by atoms with Crippen LogP contribution in [0, 0.1) is 5.82 Å². The summed E-state index contributed by atoms with van der Waals surface area (Å²) in [5.74, 6) is 0.340. The molecule has 6 heteroatoms. The van der Waals surface area contributed by atoms with Gasteiger partial charge in [-0.15, -0.1) is 0 Å². The summed E-state index contributed by atoms with van der Waals surface area (Å²) in [4.78, 5) is 8.55. The van der Waals surface area contributed by atoms with Crippen molar-refractivity contribution >= 4 is 22.5 Å². The molecular weight excluding hydrogens is 293 g/mol. The van der Waals surface area contributed by atoms with E-state index in [1.165, 1.54) is 18.5 Å². The number of nitrogens with one attached hydrogen (secondary N) is 1. The Bertz CT molecular complexity index is 965. The van der Waals surface area contributed by atoms with Crippen LogP contribution in [-0.4, -0.2) is 19.7 Å². The van der Waals surface area contributed by atoms with Crippen molar-refractivity contribution in [3.05, 3.63) is 72.9 Å². The Labute approximate surface area is 131 Å². The smallest absolute Gasteiger partial charge is 0.168 e. The van der Waals surface area contributed by atoms with E-state index in [1.807, 2.05) is 30.3 Å². The summed E-state index contributed by atoms with van der Waals surface area (Å²) >= 11 is 0. The molecule has 4 aromatic rings. The Morgan fingerprint density at radius 2 is 1.83 bits per heavy atom. The lowest BCUT2D eigenvalue weighted by molar-refractivity contribution is 0.625. The molecule has 0 aliphatic heterocycles. The highest BCUT2D eigenvalue weighted by atomic mass is 19.1. The lowest BCUT2D eigenvalue weighted by Gasteiger charge is -2.06. The van der Waals surface area contributed by atoms with Crippen LogP contribution in [0.1, 0.15) is 0 Å². The molecule has 0 spiro atoms. The van der Waals surface area contributed by atoms with Crippen molar-refractivity contribution in [1.82, 2.24) is 19.7 Å². The molecule has 0 aliphatic carbocycles. The number of anilines is 2. The molecule has 0 fully saturated rings. The molecule has 1 N–H and O–H groups in total. The van der Waals surface area contributed by atoms with E-state index in [0.29, 0.717) is 17.2 Å². The van der Waals surface area contributed by atoms with Crippen LogP contribution in [0.25, 0.3) is 16.7 Å². The van der Waals surface area contributed by atoms with Gasteiger partial charge in [-0.25, -0.2) is 19.0 Å². The minimum Gasteiger partial charge on any atom is -0.340 e. The number of rotatable bonds is 3. The number of para-hydroxylation sites is 1. The summed E-state index contributed by atoms with van der Waals surface area (Å²) in [6.07, 6.45) is 3.14. The van der Waals surface area contributed by atoms with Gasteiger partial charge in [0.15, 0.2) is 5.65 Å². The first kappa shape index (κ1) is 13.4. The predicted octanol–water partition coefficient (Wildman–Crippen LogP) is 3.70. The van der Waals surface area contributed by atoms with E-state index < -0.39 is 0 Å². The Morgan fingerprint density at radius 3 is 2.65 bits per heavy atom. The molecule has 2 heterocycles. The predicted molar refractivity (Wildman–Crippen MR) is 86.3 cm³/mol. The summed E-state index contributed by atoms with van der Waals surface area (Å²) in [6, 6.07) is 16.0. The molecule has 0 saturated heterocycles. The molecule has 0 saturated carbocycles. The summed E-state index contributed by atoms with van der Waals surface area (Å²) in [5.41, 5.74) is 2.15. The molecular formula is C17H12FN5. The van der Waals surface area contributed by atoms with Gasteiger partial charge in [0.05, 0.1) is 17.3 Å². The lowest BCUT2D eigenvalue weighted by Crippen LogP contribution is -1.99. The third kappa shape index (κ3) is 2.50. The molecule has 0 bridgehead atoms. The number of nitrogens with zero attached hydrogens (tertiary/aromatic N) is 4. The van der Waals surface area contributed by atoms with Gasteiger partial charge in [-0.2, -0.15) is 5.10 Å². The zero-order valence-corrected chi connectivity index (χ0v) is 12.0. The van der Waals surface area contributed by atoms with Crippen molar-refractivity contribution < 1.29 is 4.39 Å². The molecule has 2 aromatic heterocycles. The zero-order valence-electron chi connectivity index (χ0n) is 12.0. The van der Waals surface area contributed by atoms with Crippen molar-refractivity contribution in [3.63, 3.8) is 0 Å². The number of hydrogen-bond donors (Lipinski definition) is 1. The number of hydrogen-bond acceptors (Lipinski definition) is 4. The molecule has 0 amide bonds. The molecule has 2 aromatic carbocycles. The van der Waals surface area contributed by atoms with Gasteiger partial charge in [0.1, 0.15) is 18.0 Å². The molecule has 4 rings (SSSR count). The quantitative estimate of drug-likeness (QED) is 0.627. The first-order valence-corrected chi connectivity index (χ1v) is 7.08. The number of benzene rings is 2. The average Bonchev–Trinajstić information content (AvgIpc) is 3.01. The Morgan fingerprint density at radius 1 is 0.957 bits per heavy atom. The molecule has 0 atom stereocenters. The van der Waals surface area contributed by atoms with Gasteiger partial charge in [-0.1, -0.05) is 24.3 Å². The van der Waals surface area contributed by atoms with Gasteiger partial charge in [-0.3, -0.25) is 0 Å². The maximum atomic E-state index is 13.4. The fourth-order valence-electron chi connectivity index (χ4n) is 2.40. The van der Waals surface area contributed by atoms with Crippen molar-refractivity contribution in [2.45, 2.75) is 0 Å². The maximum Gasteiger partial charge on any atom is 0.168 e. The largest absolute Gasteiger partial charge is 0.340 e. The van der Waals surface area contributed by atoms with Crippen LogP contribution in [0.5, 0.6) is 0 Å². The van der Waals surface area contributed by atoms with E-state index >= 15 is 0 Å². The van der Waals surface area contributed by atoms with E-state index in [2.05, 4.69) is 20.4 Å². The van der Waals surface area contributed by atoms with E-state index in [0.717, 1.165) is 11.1 Å². The van der Waals surface area contributed by atoms with Crippen LogP contribution in [0.4, 0.5) is 15.9 Å². The molecule has 5 nitrogen and oxygen atoms in total. The van der Waals surface area contributed by atoms with Crippen LogP contribution in [0.3, 0.4) is 0 Å². The van der Waals surface area contributed by atoms with Crippen LogP contribution < -0.4 is 5.32 Å². The minimum absolute atomic E-state index is 0.317. The molecule has 23 heavy (non-hydrogen) atoms. The fourth-order valence-corrected chi connectivity index (χ4v) is 2.40. The molecule has 112 valence electrons. The van der Waals surface area contributed by atoms with E-state index in [-0.39, 0.29) is 5.82 Å². The van der Waals surface area contributed by atoms with Crippen molar-refractivity contribution in [2.75, 3.05) is 5.32 Å². The Kier molecular flexibility index (Phi) is 3.20. The molecule has 0 radical (unpaired) electrons. The number of fused-ring (bicyclic) bond motifs is 1. The highest BCUT2D eigenvalue weighted by molar-refractivity contribution is 5.89. The topological polar surface area (TPSA) is 55.6 Å². The van der Waals surface area contributed by atoms with Crippen molar-refractivity contribution in [1.29, 1.82) is 0 Å². The summed E-state index contributed by atoms with van der Waals surface area (Å²) in [7, 11) is 0. The second-order valence-electron chi connectivity index (χ2n) is 4.99. The van der Waals surface area contributed by atoms with Gasteiger partial charge in [0.2, 0.25) is 0 Å². The third-order valence-electron chi connectivity index (χ3n) is 3.46. The number of aromatic nitrogens is 4. The molecule has 0 unspecified atom stereocenters. The first-order valence-electron chi connectivity index (χ1n) is 7.08. The summed E-state index contributed by atoms with van der Waals surface area (Å²) < 4.78 is 15.0. The SMILES string of the molecule is Fc1cccc(-n2ncc3c(Nc4ccccc4)ncnc32)c1. The van der Waals surface area contributed by atoms with Crippen molar-refractivity contribution in [3.8, 4) is 5.69 Å². The zero-order chi connectivity index (χ0) is 15.6. The average molecular weight is 305 g/mol. The van der Waals surface area contributed by atoms with E-state index in [9.17, 15) is 4.39 Å². The summed E-state index contributed by atoms with van der Waals surface area (Å²) in [6.45, 7) is 0. The van der Waals surface area contributed by atoms with Crippen LogP contribution in [-0.2, 0) is 0 Å². The van der Waals surface area contributed by atoms with Gasteiger partial charge in [-0.05, 0) is 30.3 Å². The van der Waals surface area contributed by atoms with Crippen LogP contribution in [0.2, 0.25) is 0 Å². The highest BCUT2D eigenvalue weighted by Crippen LogP contribution is 2.24.